The van der Waals surface area contributed by atoms with Crippen molar-refractivity contribution in [3.63, 3.8) is 0 Å². The van der Waals surface area contributed by atoms with Gasteiger partial charge >= 0.3 is 5.97 Å². The molecule has 0 atom stereocenters. The molecule has 9 heteroatoms. The van der Waals surface area contributed by atoms with E-state index in [0.717, 1.165) is 0 Å². The first-order valence-corrected chi connectivity index (χ1v) is 8.16. The molecule has 0 bridgehead atoms. The van der Waals surface area contributed by atoms with E-state index in [1.165, 1.54) is 41.3 Å². The number of carboxylic acid groups (broad SMARTS) is 1. The third-order valence-corrected chi connectivity index (χ3v) is 4.93. The van der Waals surface area contributed by atoms with Crippen LogP contribution < -0.4 is 5.32 Å². The number of carbonyl (C=O) groups is 2. The third kappa shape index (κ3) is 2.96. The van der Waals surface area contributed by atoms with E-state index < -0.39 is 5.97 Å². The Morgan fingerprint density at radius 2 is 2.04 bits per heavy atom. The van der Waals surface area contributed by atoms with Gasteiger partial charge in [-0.25, -0.2) is 9.78 Å². The van der Waals surface area contributed by atoms with Crippen molar-refractivity contribution in [1.29, 1.82) is 0 Å². The summed E-state index contributed by atoms with van der Waals surface area (Å²) in [4.78, 5) is 36.8. The summed E-state index contributed by atoms with van der Waals surface area (Å²) in [6.45, 7) is 1.72. The molecule has 2 N–H and O–H groups in total. The molecule has 0 aromatic carbocycles. The molecule has 3 aromatic heterocycles. The third-order valence-electron chi connectivity index (χ3n) is 3.00. The predicted octanol–water partition coefficient (Wildman–Crippen LogP) is 2.92. The van der Waals surface area contributed by atoms with Gasteiger partial charge in [-0.15, -0.1) is 22.7 Å². The topological polar surface area (TPSA) is 105 Å². The first-order chi connectivity index (χ1) is 11.1. The molecule has 1 amide bonds. The van der Waals surface area contributed by atoms with Gasteiger partial charge in [0, 0.05) is 17.8 Å². The Hall–Kier alpha value is -2.65. The van der Waals surface area contributed by atoms with Gasteiger partial charge in [-0.2, -0.15) is 0 Å². The maximum absolute atomic E-state index is 12.3. The zero-order valence-electron chi connectivity index (χ0n) is 11.8. The Morgan fingerprint density at radius 1 is 1.22 bits per heavy atom. The monoisotopic (exact) mass is 346 g/mol. The van der Waals surface area contributed by atoms with Crippen molar-refractivity contribution in [3.8, 4) is 10.6 Å². The molecule has 116 valence electrons. The van der Waals surface area contributed by atoms with Gasteiger partial charge in [0.1, 0.15) is 10.4 Å². The smallest absolute Gasteiger partial charge is 0.339 e. The summed E-state index contributed by atoms with van der Waals surface area (Å²) in [6.07, 6.45) is 4.48. The molecule has 0 fully saturated rings. The van der Waals surface area contributed by atoms with Gasteiger partial charge in [-0.05, 0) is 6.92 Å². The number of hydrogen-bond donors (Lipinski definition) is 2. The van der Waals surface area contributed by atoms with Crippen molar-refractivity contribution in [2.75, 3.05) is 5.32 Å². The van der Waals surface area contributed by atoms with E-state index in [-0.39, 0.29) is 17.2 Å². The average molecular weight is 346 g/mol. The van der Waals surface area contributed by atoms with Crippen LogP contribution in [0.15, 0.2) is 29.5 Å². The number of amides is 1. The molecule has 3 heterocycles. The number of thiazole rings is 1. The van der Waals surface area contributed by atoms with Crippen LogP contribution >= 0.6 is 22.7 Å². The maximum atomic E-state index is 12.3. The number of aromatic nitrogens is 3. The van der Waals surface area contributed by atoms with E-state index in [4.69, 9.17) is 0 Å². The second-order valence-corrected chi connectivity index (χ2v) is 6.20. The molecule has 3 rings (SSSR count). The van der Waals surface area contributed by atoms with Crippen LogP contribution in [0.1, 0.15) is 25.7 Å². The van der Waals surface area contributed by atoms with Gasteiger partial charge < -0.3 is 10.4 Å². The lowest BCUT2D eigenvalue weighted by Gasteiger charge is -2.05. The zero-order valence-corrected chi connectivity index (χ0v) is 13.4. The largest absolute Gasteiger partial charge is 0.478 e. The van der Waals surface area contributed by atoms with Crippen LogP contribution in [0.5, 0.6) is 0 Å². The molecule has 0 unspecified atom stereocenters. The second-order valence-electron chi connectivity index (χ2n) is 4.47. The molecule has 7 nitrogen and oxygen atoms in total. The lowest BCUT2D eigenvalue weighted by Crippen LogP contribution is -2.13. The normalized spacial score (nSPS) is 10.5. The van der Waals surface area contributed by atoms with Crippen molar-refractivity contribution >= 4 is 40.2 Å². The highest BCUT2D eigenvalue weighted by Crippen LogP contribution is 2.35. The van der Waals surface area contributed by atoms with E-state index in [1.807, 2.05) is 0 Å². The molecule has 0 aliphatic carbocycles. The summed E-state index contributed by atoms with van der Waals surface area (Å²) in [5.74, 6) is -1.51. The maximum Gasteiger partial charge on any atom is 0.339 e. The van der Waals surface area contributed by atoms with E-state index >= 15 is 0 Å². The Kier molecular flexibility index (Phi) is 4.13. The van der Waals surface area contributed by atoms with Crippen LogP contribution in [0.25, 0.3) is 10.6 Å². The summed E-state index contributed by atoms with van der Waals surface area (Å²) < 4.78 is 0. The van der Waals surface area contributed by atoms with Gasteiger partial charge in [-0.1, -0.05) is 0 Å². The molecule has 0 saturated carbocycles. The Morgan fingerprint density at radius 3 is 2.65 bits per heavy atom. The minimum absolute atomic E-state index is 0.00557. The summed E-state index contributed by atoms with van der Waals surface area (Å²) >= 11 is 2.40. The quantitative estimate of drug-likeness (QED) is 0.752. The summed E-state index contributed by atoms with van der Waals surface area (Å²) in [7, 11) is 0. The van der Waals surface area contributed by atoms with Crippen LogP contribution in [0.3, 0.4) is 0 Å². The highest BCUT2D eigenvalue weighted by atomic mass is 32.1. The average Bonchev–Trinajstić information content (AvgIpc) is 3.14. The van der Waals surface area contributed by atoms with E-state index in [1.54, 1.807) is 17.8 Å². The highest BCUT2D eigenvalue weighted by molar-refractivity contribution is 7.14. The van der Waals surface area contributed by atoms with Crippen molar-refractivity contribution in [2.24, 2.45) is 0 Å². The fourth-order valence-electron chi connectivity index (χ4n) is 1.97. The van der Waals surface area contributed by atoms with Gasteiger partial charge in [0.2, 0.25) is 0 Å². The Balaban J connectivity index is 1.98. The standard InChI is InChI=1S/C14H10N4O3S2/c1-7-11(23-6-17-7)13(19)18-9-5-22-12(10(9)14(20)21)8-4-15-2-3-16-8/h2-6H,1H3,(H,18,19)(H,20,21). The number of thiophene rings is 1. The summed E-state index contributed by atoms with van der Waals surface area (Å²) in [5.41, 5.74) is 2.87. The number of anilines is 1. The van der Waals surface area contributed by atoms with Gasteiger partial charge in [0.15, 0.2) is 0 Å². The molecule has 0 radical (unpaired) electrons. The van der Waals surface area contributed by atoms with Crippen molar-refractivity contribution in [1.82, 2.24) is 15.0 Å². The van der Waals surface area contributed by atoms with Crippen molar-refractivity contribution < 1.29 is 14.7 Å². The predicted molar refractivity (Wildman–Crippen MR) is 87.1 cm³/mol. The van der Waals surface area contributed by atoms with Crippen molar-refractivity contribution in [3.05, 3.63) is 45.6 Å². The van der Waals surface area contributed by atoms with Gasteiger partial charge in [-0.3, -0.25) is 14.8 Å². The van der Waals surface area contributed by atoms with E-state index in [9.17, 15) is 14.7 Å². The van der Waals surface area contributed by atoms with Crippen LogP contribution in [0, 0.1) is 6.92 Å². The molecule has 3 aromatic rings. The first-order valence-electron chi connectivity index (χ1n) is 6.40. The number of nitrogens with one attached hydrogen (secondary N) is 1. The highest BCUT2D eigenvalue weighted by Gasteiger charge is 2.23. The summed E-state index contributed by atoms with van der Waals surface area (Å²) in [6, 6.07) is 0. The molecule has 0 aliphatic heterocycles. The lowest BCUT2D eigenvalue weighted by molar-refractivity contribution is 0.0699. The molecular weight excluding hydrogens is 336 g/mol. The van der Waals surface area contributed by atoms with Crippen LogP contribution in [0.2, 0.25) is 0 Å². The molecule has 0 spiro atoms. The fraction of sp³-hybridized carbons (Fsp3) is 0.0714. The molecule has 23 heavy (non-hydrogen) atoms. The minimum Gasteiger partial charge on any atom is -0.478 e. The molecule has 0 aliphatic rings. The number of carbonyl (C=O) groups excluding carboxylic acids is 1. The minimum atomic E-state index is -1.14. The zero-order chi connectivity index (χ0) is 16.4. The molecular formula is C14H10N4O3S2. The van der Waals surface area contributed by atoms with Crippen LogP contribution in [-0.4, -0.2) is 31.9 Å². The number of rotatable bonds is 4. The fourth-order valence-corrected chi connectivity index (χ4v) is 3.62. The van der Waals surface area contributed by atoms with Gasteiger partial charge in [0.25, 0.3) is 5.91 Å². The number of hydrogen-bond acceptors (Lipinski definition) is 7. The number of carboxylic acids is 1. The van der Waals surface area contributed by atoms with Crippen molar-refractivity contribution in [2.45, 2.75) is 6.92 Å². The Bertz CT molecular complexity index is 873. The lowest BCUT2D eigenvalue weighted by atomic mass is 10.2. The molecule has 0 saturated heterocycles. The second kappa shape index (κ2) is 6.23. The van der Waals surface area contributed by atoms with Crippen LogP contribution in [0.4, 0.5) is 5.69 Å². The number of nitrogens with zero attached hydrogens (tertiary/aromatic N) is 3. The number of aromatic carboxylic acids is 1. The first kappa shape index (κ1) is 15.3. The number of aryl methyl sites for hydroxylation is 1. The van der Waals surface area contributed by atoms with E-state index in [2.05, 4.69) is 20.3 Å². The Labute approximate surface area is 138 Å². The SMILES string of the molecule is Cc1ncsc1C(=O)Nc1csc(-c2cnccn2)c1C(=O)O. The van der Waals surface area contributed by atoms with Crippen LogP contribution in [-0.2, 0) is 0 Å². The van der Waals surface area contributed by atoms with E-state index in [0.29, 0.717) is 21.1 Å². The summed E-state index contributed by atoms with van der Waals surface area (Å²) in [5, 5.41) is 13.7. The van der Waals surface area contributed by atoms with Gasteiger partial charge in [0.05, 0.1) is 33.7 Å².